The molecule has 0 aliphatic rings. The lowest BCUT2D eigenvalue weighted by Crippen LogP contribution is -2.17. The van der Waals surface area contributed by atoms with E-state index in [1.54, 1.807) is 0 Å². The lowest BCUT2D eigenvalue weighted by molar-refractivity contribution is -0.141. The molecule has 0 spiro atoms. The Morgan fingerprint density at radius 2 is 1.83 bits per heavy atom. The van der Waals surface area contributed by atoms with Gasteiger partial charge in [0.05, 0.1) is 5.01 Å². The van der Waals surface area contributed by atoms with Crippen LogP contribution in [0.15, 0.2) is 30.3 Å². The SMILES string of the molecule is Cc1nc(C(F)(F)F)c(C(=O)Nc2nnc(-c3ccccc3)s2)s1. The number of carbonyl (C=O) groups excluding carboxylic acids is 1. The second-order valence-corrected chi connectivity index (χ2v) is 6.82. The Hall–Kier alpha value is -2.33. The first-order valence-electron chi connectivity index (χ1n) is 6.59. The maximum Gasteiger partial charge on any atom is 0.435 e. The molecule has 1 N–H and O–H groups in total. The Morgan fingerprint density at radius 3 is 2.50 bits per heavy atom. The van der Waals surface area contributed by atoms with Crippen molar-refractivity contribution in [1.29, 1.82) is 0 Å². The molecular formula is C14H9F3N4OS2. The molecule has 0 bridgehead atoms. The first-order chi connectivity index (χ1) is 11.3. The van der Waals surface area contributed by atoms with Crippen LogP contribution in [0.2, 0.25) is 0 Å². The van der Waals surface area contributed by atoms with Gasteiger partial charge in [-0.05, 0) is 6.92 Å². The number of aromatic nitrogens is 3. The molecule has 124 valence electrons. The highest BCUT2D eigenvalue weighted by molar-refractivity contribution is 7.18. The average molecular weight is 370 g/mol. The topological polar surface area (TPSA) is 67.8 Å². The summed E-state index contributed by atoms with van der Waals surface area (Å²) in [6, 6.07) is 9.13. The van der Waals surface area contributed by atoms with Crippen LogP contribution >= 0.6 is 22.7 Å². The molecule has 10 heteroatoms. The number of carbonyl (C=O) groups is 1. The number of nitrogens with one attached hydrogen (secondary N) is 1. The van der Waals surface area contributed by atoms with Crippen molar-refractivity contribution in [2.75, 3.05) is 5.32 Å². The number of amides is 1. The molecule has 0 aliphatic heterocycles. The van der Waals surface area contributed by atoms with Crippen LogP contribution in [0.25, 0.3) is 10.6 Å². The fourth-order valence-electron chi connectivity index (χ4n) is 1.90. The fourth-order valence-corrected chi connectivity index (χ4v) is 3.48. The minimum absolute atomic E-state index is 0.123. The zero-order valence-corrected chi connectivity index (χ0v) is 13.7. The molecule has 0 saturated heterocycles. The summed E-state index contributed by atoms with van der Waals surface area (Å²) in [5, 5.41) is 10.9. The first-order valence-corrected chi connectivity index (χ1v) is 8.23. The molecule has 3 rings (SSSR count). The summed E-state index contributed by atoms with van der Waals surface area (Å²) in [6.07, 6.45) is -4.69. The van der Waals surface area contributed by atoms with Crippen molar-refractivity contribution >= 4 is 33.7 Å². The van der Waals surface area contributed by atoms with Gasteiger partial charge in [-0.25, -0.2) is 4.98 Å². The van der Waals surface area contributed by atoms with Gasteiger partial charge in [0.25, 0.3) is 5.91 Å². The van der Waals surface area contributed by atoms with Gasteiger partial charge in [-0.1, -0.05) is 41.7 Å². The monoisotopic (exact) mass is 370 g/mol. The molecule has 5 nitrogen and oxygen atoms in total. The van der Waals surface area contributed by atoms with Crippen LogP contribution in [0.4, 0.5) is 18.3 Å². The third-order valence-corrected chi connectivity index (χ3v) is 4.73. The molecule has 1 aromatic carbocycles. The van der Waals surface area contributed by atoms with E-state index in [4.69, 9.17) is 0 Å². The third kappa shape index (κ3) is 3.44. The molecule has 0 fully saturated rings. The smallest absolute Gasteiger partial charge is 0.296 e. The van der Waals surface area contributed by atoms with Crippen LogP contribution in [0.5, 0.6) is 0 Å². The number of alkyl halides is 3. The highest BCUT2D eigenvalue weighted by Gasteiger charge is 2.39. The van der Waals surface area contributed by atoms with E-state index in [0.29, 0.717) is 16.3 Å². The van der Waals surface area contributed by atoms with Gasteiger partial charge in [0.15, 0.2) is 5.69 Å². The van der Waals surface area contributed by atoms with Gasteiger partial charge in [0, 0.05) is 5.56 Å². The number of hydrogen-bond donors (Lipinski definition) is 1. The molecule has 3 aromatic rings. The summed E-state index contributed by atoms with van der Waals surface area (Å²) in [6.45, 7) is 1.41. The minimum atomic E-state index is -4.69. The lowest BCUT2D eigenvalue weighted by Gasteiger charge is -2.05. The summed E-state index contributed by atoms with van der Waals surface area (Å²) < 4.78 is 38.8. The van der Waals surface area contributed by atoms with Crippen LogP contribution in [0.1, 0.15) is 20.4 Å². The second-order valence-electron chi connectivity index (χ2n) is 4.64. The molecule has 0 aliphatic carbocycles. The van der Waals surface area contributed by atoms with E-state index in [2.05, 4.69) is 20.5 Å². The summed E-state index contributed by atoms with van der Waals surface area (Å²) in [5.41, 5.74) is -0.379. The van der Waals surface area contributed by atoms with Gasteiger partial charge in [0.2, 0.25) is 5.13 Å². The summed E-state index contributed by atoms with van der Waals surface area (Å²) in [7, 11) is 0. The predicted molar refractivity (Wildman–Crippen MR) is 85.2 cm³/mol. The number of anilines is 1. The molecule has 0 radical (unpaired) electrons. The van der Waals surface area contributed by atoms with E-state index >= 15 is 0 Å². The van der Waals surface area contributed by atoms with Crippen LogP contribution in [-0.2, 0) is 6.18 Å². The molecule has 24 heavy (non-hydrogen) atoms. The number of benzene rings is 1. The van der Waals surface area contributed by atoms with Crippen molar-refractivity contribution in [3.63, 3.8) is 0 Å². The largest absolute Gasteiger partial charge is 0.435 e. The number of halogens is 3. The van der Waals surface area contributed by atoms with Gasteiger partial charge in [-0.2, -0.15) is 13.2 Å². The summed E-state index contributed by atoms with van der Waals surface area (Å²) >= 11 is 1.76. The third-order valence-electron chi connectivity index (χ3n) is 2.88. The Balaban J connectivity index is 1.83. The minimum Gasteiger partial charge on any atom is -0.296 e. The lowest BCUT2D eigenvalue weighted by atomic mass is 10.2. The van der Waals surface area contributed by atoms with Crippen LogP contribution < -0.4 is 5.32 Å². The molecule has 0 unspecified atom stereocenters. The predicted octanol–water partition coefficient (Wildman–Crippen LogP) is 4.24. The van der Waals surface area contributed by atoms with Crippen molar-refractivity contribution in [1.82, 2.24) is 15.2 Å². The van der Waals surface area contributed by atoms with Crippen molar-refractivity contribution in [2.24, 2.45) is 0 Å². The Labute approximate surface area is 142 Å². The van der Waals surface area contributed by atoms with Gasteiger partial charge in [-0.3, -0.25) is 10.1 Å². The van der Waals surface area contributed by atoms with E-state index in [0.717, 1.165) is 16.9 Å². The van der Waals surface area contributed by atoms with E-state index in [9.17, 15) is 18.0 Å². The van der Waals surface area contributed by atoms with Crippen molar-refractivity contribution in [3.05, 3.63) is 45.9 Å². The maximum atomic E-state index is 12.9. The van der Waals surface area contributed by atoms with E-state index in [1.807, 2.05) is 30.3 Å². The molecule has 1 amide bonds. The highest BCUT2D eigenvalue weighted by atomic mass is 32.1. The van der Waals surface area contributed by atoms with E-state index in [-0.39, 0.29) is 10.1 Å². The van der Waals surface area contributed by atoms with Gasteiger partial charge < -0.3 is 0 Å². The normalized spacial score (nSPS) is 11.5. The molecule has 2 aromatic heterocycles. The molecule has 0 atom stereocenters. The zero-order chi connectivity index (χ0) is 17.3. The number of hydrogen-bond acceptors (Lipinski definition) is 6. The van der Waals surface area contributed by atoms with Gasteiger partial charge in [-0.15, -0.1) is 21.5 Å². The number of aryl methyl sites for hydroxylation is 1. The Bertz CT molecular complexity index is 874. The summed E-state index contributed by atoms with van der Waals surface area (Å²) in [5.74, 6) is -0.899. The maximum absolute atomic E-state index is 12.9. The van der Waals surface area contributed by atoms with Crippen molar-refractivity contribution in [3.8, 4) is 10.6 Å². The zero-order valence-electron chi connectivity index (χ0n) is 12.1. The second kappa shape index (κ2) is 6.29. The van der Waals surface area contributed by atoms with E-state index in [1.165, 1.54) is 6.92 Å². The quantitative estimate of drug-likeness (QED) is 0.749. The standard InChI is InChI=1S/C14H9F3N4OS2/c1-7-18-10(14(15,16)17)9(23-7)11(22)19-13-21-20-12(24-13)8-5-3-2-4-6-8/h2-6H,1H3,(H,19,21,22). The van der Waals surface area contributed by atoms with Crippen molar-refractivity contribution in [2.45, 2.75) is 13.1 Å². The average Bonchev–Trinajstić information content (AvgIpc) is 3.14. The number of nitrogens with zero attached hydrogens (tertiary/aromatic N) is 3. The summed E-state index contributed by atoms with van der Waals surface area (Å²) in [4.78, 5) is 15.0. The van der Waals surface area contributed by atoms with Crippen LogP contribution in [0.3, 0.4) is 0 Å². The van der Waals surface area contributed by atoms with Gasteiger partial charge in [0.1, 0.15) is 9.88 Å². The molecule has 2 heterocycles. The van der Waals surface area contributed by atoms with E-state index < -0.39 is 22.7 Å². The van der Waals surface area contributed by atoms with Crippen LogP contribution in [0, 0.1) is 6.92 Å². The molecular weight excluding hydrogens is 361 g/mol. The highest BCUT2D eigenvalue weighted by Crippen LogP contribution is 2.35. The fraction of sp³-hybridized carbons (Fsp3) is 0.143. The van der Waals surface area contributed by atoms with Crippen LogP contribution in [-0.4, -0.2) is 21.1 Å². The molecule has 0 saturated carbocycles. The number of rotatable bonds is 3. The Kier molecular flexibility index (Phi) is 4.33. The van der Waals surface area contributed by atoms with Crippen molar-refractivity contribution < 1.29 is 18.0 Å². The van der Waals surface area contributed by atoms with Gasteiger partial charge >= 0.3 is 6.18 Å². The number of thiazole rings is 1. The first kappa shape index (κ1) is 16.5. The Morgan fingerprint density at radius 1 is 1.12 bits per heavy atom.